The zero-order valence-electron chi connectivity index (χ0n) is 10.0. The Hall–Kier alpha value is -1.04. The average Bonchev–Trinajstić information content (AvgIpc) is 2.52. The third-order valence-corrected chi connectivity index (χ3v) is 4.00. The first-order valence-electron chi connectivity index (χ1n) is 6.23. The van der Waals surface area contributed by atoms with Crippen LogP contribution < -0.4 is 5.32 Å². The fraction of sp³-hybridized carbons (Fsp3) is 0.750. The van der Waals surface area contributed by atoms with E-state index in [0.29, 0.717) is 11.3 Å². The minimum Gasteiger partial charge on any atom is -0.316 e. The van der Waals surface area contributed by atoms with Gasteiger partial charge in [0, 0.05) is 19.3 Å². The molecule has 0 aromatic carbocycles. The minimum absolute atomic E-state index is 0.520. The number of halogens is 3. The quantitative estimate of drug-likeness (QED) is 0.899. The summed E-state index contributed by atoms with van der Waals surface area (Å²) in [7, 11) is 0. The second-order valence-corrected chi connectivity index (χ2v) is 5.74. The molecular formula is C12H16F3N3. The molecule has 100 valence electrons. The van der Waals surface area contributed by atoms with E-state index in [1.807, 2.05) is 0 Å². The van der Waals surface area contributed by atoms with Crippen molar-refractivity contribution in [2.75, 3.05) is 13.1 Å². The Labute approximate surface area is 103 Å². The van der Waals surface area contributed by atoms with Crippen LogP contribution in [0.25, 0.3) is 0 Å². The standard InChI is InChI=1S/C12H16F3N3/c13-12(14,15)8-18-5-10(4-17-18)1-9-2-11(3-9)6-16-7-11/h4-5,9,16H,1-3,6-8H2. The molecule has 1 aromatic rings. The number of aromatic nitrogens is 2. The summed E-state index contributed by atoms with van der Waals surface area (Å²) in [5.74, 6) is 0.621. The summed E-state index contributed by atoms with van der Waals surface area (Å²) in [5, 5.41) is 7.04. The summed E-state index contributed by atoms with van der Waals surface area (Å²) >= 11 is 0. The number of rotatable bonds is 3. The van der Waals surface area contributed by atoms with Crippen LogP contribution in [0.5, 0.6) is 0 Å². The molecule has 18 heavy (non-hydrogen) atoms. The molecule has 2 fully saturated rings. The molecule has 3 rings (SSSR count). The summed E-state index contributed by atoms with van der Waals surface area (Å²) in [4.78, 5) is 0. The summed E-state index contributed by atoms with van der Waals surface area (Å²) in [5.41, 5.74) is 1.44. The molecule has 1 saturated heterocycles. The lowest BCUT2D eigenvalue weighted by Crippen LogP contribution is -2.60. The summed E-state index contributed by atoms with van der Waals surface area (Å²) in [6, 6.07) is 0. The third kappa shape index (κ3) is 2.39. The van der Waals surface area contributed by atoms with Gasteiger partial charge in [-0.05, 0) is 36.2 Å². The zero-order valence-corrected chi connectivity index (χ0v) is 10.0. The molecule has 1 aromatic heterocycles. The number of nitrogens with zero attached hydrogens (tertiary/aromatic N) is 2. The van der Waals surface area contributed by atoms with Gasteiger partial charge in [-0.2, -0.15) is 18.3 Å². The van der Waals surface area contributed by atoms with Gasteiger partial charge in [-0.15, -0.1) is 0 Å². The van der Waals surface area contributed by atoms with Crippen molar-refractivity contribution < 1.29 is 13.2 Å². The van der Waals surface area contributed by atoms with Crippen LogP contribution in [0.4, 0.5) is 13.2 Å². The fourth-order valence-corrected chi connectivity index (χ4v) is 3.19. The van der Waals surface area contributed by atoms with E-state index >= 15 is 0 Å². The van der Waals surface area contributed by atoms with Crippen LogP contribution in [0.15, 0.2) is 12.4 Å². The van der Waals surface area contributed by atoms with Gasteiger partial charge in [0.1, 0.15) is 6.54 Å². The van der Waals surface area contributed by atoms with Crippen molar-refractivity contribution >= 4 is 0 Å². The molecule has 6 heteroatoms. The first-order chi connectivity index (χ1) is 8.44. The van der Waals surface area contributed by atoms with E-state index in [0.717, 1.165) is 29.8 Å². The van der Waals surface area contributed by atoms with Crippen LogP contribution in [-0.4, -0.2) is 29.0 Å². The first kappa shape index (κ1) is 12.0. The minimum atomic E-state index is -4.19. The highest BCUT2D eigenvalue weighted by Gasteiger charge is 2.47. The number of hydrogen-bond acceptors (Lipinski definition) is 2. The van der Waals surface area contributed by atoms with Gasteiger partial charge in [-0.1, -0.05) is 0 Å². The Morgan fingerprint density at radius 2 is 2.11 bits per heavy atom. The first-order valence-corrected chi connectivity index (χ1v) is 6.23. The number of nitrogens with one attached hydrogen (secondary N) is 1. The molecule has 2 aliphatic rings. The van der Waals surface area contributed by atoms with E-state index in [1.54, 1.807) is 6.20 Å². The van der Waals surface area contributed by atoms with Gasteiger partial charge >= 0.3 is 6.18 Å². The highest BCUT2D eigenvalue weighted by atomic mass is 19.4. The number of alkyl halides is 3. The lowest BCUT2D eigenvalue weighted by Gasteiger charge is -2.54. The lowest BCUT2D eigenvalue weighted by molar-refractivity contribution is -0.142. The summed E-state index contributed by atoms with van der Waals surface area (Å²) in [6.07, 6.45) is 2.16. The SMILES string of the molecule is FC(F)(F)Cn1cc(CC2CC3(CNC3)C2)cn1. The molecular weight excluding hydrogens is 243 g/mol. The molecule has 0 unspecified atom stereocenters. The molecule has 1 N–H and O–H groups in total. The zero-order chi connectivity index (χ0) is 12.8. The fourth-order valence-electron chi connectivity index (χ4n) is 3.19. The highest BCUT2D eigenvalue weighted by Crippen LogP contribution is 2.49. The van der Waals surface area contributed by atoms with Crippen molar-refractivity contribution in [2.45, 2.75) is 32.0 Å². The van der Waals surface area contributed by atoms with Crippen LogP contribution in [0, 0.1) is 11.3 Å². The third-order valence-electron chi connectivity index (χ3n) is 4.00. The van der Waals surface area contributed by atoms with Crippen LogP contribution in [0.1, 0.15) is 18.4 Å². The van der Waals surface area contributed by atoms with E-state index in [-0.39, 0.29) is 0 Å². The number of hydrogen-bond donors (Lipinski definition) is 1. The van der Waals surface area contributed by atoms with Gasteiger partial charge in [0.15, 0.2) is 0 Å². The molecule has 1 spiro atoms. The Kier molecular flexibility index (Phi) is 2.66. The van der Waals surface area contributed by atoms with Crippen LogP contribution in [0.3, 0.4) is 0 Å². The average molecular weight is 259 g/mol. The summed E-state index contributed by atoms with van der Waals surface area (Å²) in [6.45, 7) is 1.22. The Balaban J connectivity index is 1.52. The van der Waals surface area contributed by atoms with E-state index in [4.69, 9.17) is 0 Å². The van der Waals surface area contributed by atoms with Gasteiger partial charge in [-0.3, -0.25) is 4.68 Å². The largest absolute Gasteiger partial charge is 0.408 e. The highest BCUT2D eigenvalue weighted by molar-refractivity contribution is 5.10. The monoisotopic (exact) mass is 259 g/mol. The second-order valence-electron chi connectivity index (χ2n) is 5.74. The van der Waals surface area contributed by atoms with Gasteiger partial charge in [-0.25, -0.2) is 0 Å². The van der Waals surface area contributed by atoms with Crippen molar-refractivity contribution in [1.82, 2.24) is 15.1 Å². The Morgan fingerprint density at radius 1 is 1.39 bits per heavy atom. The summed E-state index contributed by atoms with van der Waals surface area (Å²) < 4.78 is 37.5. The van der Waals surface area contributed by atoms with Gasteiger partial charge < -0.3 is 5.32 Å². The van der Waals surface area contributed by atoms with Crippen LogP contribution in [-0.2, 0) is 13.0 Å². The topological polar surface area (TPSA) is 29.9 Å². The van der Waals surface area contributed by atoms with E-state index < -0.39 is 12.7 Å². The van der Waals surface area contributed by atoms with Gasteiger partial charge in [0.2, 0.25) is 0 Å². The van der Waals surface area contributed by atoms with E-state index in [2.05, 4.69) is 10.4 Å². The second kappa shape index (κ2) is 3.98. The Bertz CT molecular complexity index is 426. The predicted octanol–water partition coefficient (Wildman–Crippen LogP) is 1.99. The maximum absolute atomic E-state index is 12.2. The molecule has 0 amide bonds. The van der Waals surface area contributed by atoms with Crippen molar-refractivity contribution in [1.29, 1.82) is 0 Å². The van der Waals surface area contributed by atoms with E-state index in [1.165, 1.54) is 19.0 Å². The molecule has 0 atom stereocenters. The maximum Gasteiger partial charge on any atom is 0.408 e. The lowest BCUT2D eigenvalue weighted by atomic mass is 9.57. The van der Waals surface area contributed by atoms with Gasteiger partial charge in [0.05, 0.1) is 6.20 Å². The molecule has 1 aliphatic heterocycles. The van der Waals surface area contributed by atoms with Crippen molar-refractivity contribution in [3.05, 3.63) is 18.0 Å². The maximum atomic E-state index is 12.2. The van der Waals surface area contributed by atoms with Crippen molar-refractivity contribution in [3.63, 3.8) is 0 Å². The smallest absolute Gasteiger partial charge is 0.316 e. The van der Waals surface area contributed by atoms with Crippen molar-refractivity contribution in [2.24, 2.45) is 11.3 Å². The van der Waals surface area contributed by atoms with E-state index in [9.17, 15) is 13.2 Å². The molecule has 1 aliphatic carbocycles. The van der Waals surface area contributed by atoms with Crippen molar-refractivity contribution in [3.8, 4) is 0 Å². The van der Waals surface area contributed by atoms with Crippen LogP contribution >= 0.6 is 0 Å². The van der Waals surface area contributed by atoms with Crippen LogP contribution in [0.2, 0.25) is 0 Å². The molecule has 0 radical (unpaired) electrons. The van der Waals surface area contributed by atoms with Gasteiger partial charge in [0.25, 0.3) is 0 Å². The normalized spacial score (nSPS) is 22.8. The molecule has 0 bridgehead atoms. The predicted molar refractivity (Wildman–Crippen MR) is 60.0 cm³/mol. The molecule has 1 saturated carbocycles. The molecule has 2 heterocycles. The molecule has 3 nitrogen and oxygen atoms in total. The Morgan fingerprint density at radius 3 is 2.67 bits per heavy atom.